The van der Waals surface area contributed by atoms with E-state index in [0.29, 0.717) is 23.7 Å². The molecule has 3 aromatic rings. The van der Waals surface area contributed by atoms with Crippen LogP contribution in [0.2, 0.25) is 5.02 Å². The molecule has 0 radical (unpaired) electrons. The fraction of sp³-hybridized carbons (Fsp3) is 0.211. The van der Waals surface area contributed by atoms with Crippen molar-refractivity contribution >= 4 is 62.8 Å². The van der Waals surface area contributed by atoms with Crippen LogP contribution >= 0.6 is 34.2 Å². The van der Waals surface area contributed by atoms with E-state index in [2.05, 4.69) is 38.0 Å². The van der Waals surface area contributed by atoms with Gasteiger partial charge in [-0.2, -0.15) is 5.10 Å². The zero-order valence-corrected chi connectivity index (χ0v) is 17.6. The van der Waals surface area contributed by atoms with Crippen LogP contribution in [0.1, 0.15) is 28.4 Å². The molecule has 6 nitrogen and oxygen atoms in total. The smallest absolute Gasteiger partial charge is 0.340 e. The second-order valence-electron chi connectivity index (χ2n) is 6.13. The third kappa shape index (κ3) is 3.41. The summed E-state index contributed by atoms with van der Waals surface area (Å²) in [5.41, 5.74) is 5.88. The average Bonchev–Trinajstić information content (AvgIpc) is 3.41. The lowest BCUT2D eigenvalue weighted by atomic mass is 10.1. The van der Waals surface area contributed by atoms with Crippen LogP contribution in [0.15, 0.2) is 35.6 Å². The van der Waals surface area contributed by atoms with Crippen molar-refractivity contribution in [3.8, 4) is 0 Å². The molecule has 4 rings (SSSR count). The van der Waals surface area contributed by atoms with Crippen LogP contribution in [0.4, 0.5) is 11.4 Å². The lowest BCUT2D eigenvalue weighted by Crippen LogP contribution is -2.05. The summed E-state index contributed by atoms with van der Waals surface area (Å²) < 4.78 is 7.88. The van der Waals surface area contributed by atoms with Crippen LogP contribution in [0.3, 0.4) is 0 Å². The zero-order chi connectivity index (χ0) is 19.1. The molecule has 8 heteroatoms. The van der Waals surface area contributed by atoms with Crippen molar-refractivity contribution in [2.75, 3.05) is 18.5 Å². The van der Waals surface area contributed by atoms with Crippen molar-refractivity contribution in [2.45, 2.75) is 13.8 Å². The first-order chi connectivity index (χ1) is 13.0. The first kappa shape index (κ1) is 18.2. The van der Waals surface area contributed by atoms with Crippen LogP contribution < -0.4 is 5.32 Å². The number of aryl methyl sites for hydroxylation is 1. The molecule has 3 heterocycles. The molecule has 0 unspecified atom stereocenters. The highest BCUT2D eigenvalue weighted by Gasteiger charge is 2.24. The molecule has 1 aliphatic rings. The van der Waals surface area contributed by atoms with Gasteiger partial charge in [-0.3, -0.25) is 4.99 Å². The number of carbonyl (C=O) groups excluding carboxylic acids is 1. The maximum absolute atomic E-state index is 12.3. The highest BCUT2D eigenvalue weighted by atomic mass is 127. The van der Waals surface area contributed by atoms with E-state index in [0.717, 1.165) is 37.3 Å². The van der Waals surface area contributed by atoms with Gasteiger partial charge in [-0.25, -0.2) is 9.31 Å². The van der Waals surface area contributed by atoms with Crippen LogP contribution in [-0.4, -0.2) is 34.4 Å². The van der Waals surface area contributed by atoms with Gasteiger partial charge in [0.1, 0.15) is 0 Å². The quantitative estimate of drug-likeness (QED) is 0.415. The number of halogens is 2. The van der Waals surface area contributed by atoms with Crippen molar-refractivity contribution in [3.63, 3.8) is 0 Å². The molecule has 1 aliphatic heterocycles. The normalized spacial score (nSPS) is 12.8. The molecule has 0 bridgehead atoms. The maximum Gasteiger partial charge on any atom is 0.340 e. The third-order valence-corrected chi connectivity index (χ3v) is 5.50. The Morgan fingerprint density at radius 3 is 2.89 bits per heavy atom. The monoisotopic (exact) mass is 494 g/mol. The number of aliphatic imine (C=N–C) groups is 1. The van der Waals surface area contributed by atoms with Crippen molar-refractivity contribution in [1.29, 1.82) is 0 Å². The SMILES string of the molecule is CCOC(=O)c1cn2ncc(C3=NC3)c(Nc3ccc(Cl)cc3I)c2c1C. The number of hydrogen-bond acceptors (Lipinski definition) is 5. The van der Waals surface area contributed by atoms with Crippen molar-refractivity contribution in [1.82, 2.24) is 9.61 Å². The molecule has 0 aliphatic carbocycles. The van der Waals surface area contributed by atoms with E-state index in [4.69, 9.17) is 16.3 Å². The number of fused-ring (bicyclic) bond motifs is 1. The largest absolute Gasteiger partial charge is 0.462 e. The summed E-state index contributed by atoms with van der Waals surface area (Å²) in [4.78, 5) is 16.6. The number of aromatic nitrogens is 2. The molecule has 0 atom stereocenters. The number of benzene rings is 1. The average molecular weight is 495 g/mol. The molecule has 27 heavy (non-hydrogen) atoms. The van der Waals surface area contributed by atoms with Gasteiger partial charge in [0.2, 0.25) is 0 Å². The number of ether oxygens (including phenoxy) is 1. The molecule has 0 saturated carbocycles. The summed E-state index contributed by atoms with van der Waals surface area (Å²) in [7, 11) is 0. The molecule has 0 fully saturated rings. The van der Waals surface area contributed by atoms with E-state index in [1.807, 2.05) is 25.1 Å². The van der Waals surface area contributed by atoms with E-state index in [1.54, 1.807) is 23.8 Å². The fourth-order valence-electron chi connectivity index (χ4n) is 2.98. The van der Waals surface area contributed by atoms with Gasteiger partial charge in [-0.15, -0.1) is 0 Å². The number of esters is 1. The van der Waals surface area contributed by atoms with Gasteiger partial charge < -0.3 is 10.1 Å². The van der Waals surface area contributed by atoms with Gasteiger partial charge in [-0.1, -0.05) is 11.6 Å². The summed E-state index contributed by atoms with van der Waals surface area (Å²) in [5.74, 6) is -0.349. The highest BCUT2D eigenvalue weighted by molar-refractivity contribution is 14.1. The molecule has 138 valence electrons. The summed E-state index contributed by atoms with van der Waals surface area (Å²) in [6.07, 6.45) is 3.48. The molecule has 0 amide bonds. The number of carbonyl (C=O) groups is 1. The summed E-state index contributed by atoms with van der Waals surface area (Å²) in [6.45, 7) is 4.72. The molecule has 0 saturated heterocycles. The van der Waals surface area contributed by atoms with Gasteiger partial charge in [0.25, 0.3) is 0 Å². The van der Waals surface area contributed by atoms with Crippen molar-refractivity contribution < 1.29 is 9.53 Å². The lowest BCUT2D eigenvalue weighted by Gasteiger charge is -2.14. The Bertz CT molecular complexity index is 1110. The summed E-state index contributed by atoms with van der Waals surface area (Å²) >= 11 is 8.33. The van der Waals surface area contributed by atoms with Gasteiger partial charge in [-0.05, 0) is 60.2 Å². The molecule has 1 N–H and O–H groups in total. The predicted octanol–water partition coefficient (Wildman–Crippen LogP) is 4.62. The number of nitrogens with zero attached hydrogens (tertiary/aromatic N) is 3. The van der Waals surface area contributed by atoms with E-state index < -0.39 is 0 Å². The van der Waals surface area contributed by atoms with Crippen LogP contribution in [0, 0.1) is 10.5 Å². The van der Waals surface area contributed by atoms with Crippen molar-refractivity contribution in [3.05, 3.63) is 55.9 Å². The lowest BCUT2D eigenvalue weighted by molar-refractivity contribution is 0.0525. The van der Waals surface area contributed by atoms with E-state index in [1.165, 1.54) is 0 Å². The standard InChI is InChI=1S/C19H16ClIN4O2/c1-3-27-19(26)13-9-25-18(10(13)2)17(12(7-23-25)16-8-22-16)24-15-5-4-11(20)6-14(15)21/h4-7,9,24H,3,8H2,1-2H3. The van der Waals surface area contributed by atoms with E-state index in [-0.39, 0.29) is 5.97 Å². The van der Waals surface area contributed by atoms with Gasteiger partial charge in [0, 0.05) is 20.4 Å². The number of rotatable bonds is 5. The van der Waals surface area contributed by atoms with E-state index in [9.17, 15) is 4.79 Å². The first-order valence-electron chi connectivity index (χ1n) is 8.43. The molecule has 2 aromatic heterocycles. The number of anilines is 2. The number of nitrogens with one attached hydrogen (secondary N) is 1. The van der Waals surface area contributed by atoms with Gasteiger partial charge >= 0.3 is 5.97 Å². The minimum absolute atomic E-state index is 0.327. The molecular weight excluding hydrogens is 479 g/mol. The Hall–Kier alpha value is -2.13. The molecule has 1 aromatic carbocycles. The Morgan fingerprint density at radius 1 is 1.44 bits per heavy atom. The molecule has 0 spiro atoms. The third-order valence-electron chi connectivity index (χ3n) is 4.37. The van der Waals surface area contributed by atoms with Crippen LogP contribution in [0.25, 0.3) is 5.52 Å². The van der Waals surface area contributed by atoms with Crippen molar-refractivity contribution in [2.24, 2.45) is 4.99 Å². The Balaban J connectivity index is 1.89. The second-order valence-corrected chi connectivity index (χ2v) is 7.73. The number of hydrogen-bond donors (Lipinski definition) is 1. The Kier molecular flexibility index (Phi) is 4.81. The topological polar surface area (TPSA) is 68.0 Å². The van der Waals surface area contributed by atoms with Crippen LogP contribution in [0.5, 0.6) is 0 Å². The Morgan fingerprint density at radius 2 is 2.22 bits per heavy atom. The van der Waals surface area contributed by atoms with Gasteiger partial charge in [0.05, 0.1) is 47.5 Å². The first-order valence-corrected chi connectivity index (χ1v) is 9.89. The summed E-state index contributed by atoms with van der Waals surface area (Å²) in [6, 6.07) is 5.67. The zero-order valence-electron chi connectivity index (χ0n) is 14.7. The van der Waals surface area contributed by atoms with Gasteiger partial charge in [0.15, 0.2) is 0 Å². The minimum Gasteiger partial charge on any atom is -0.462 e. The van der Waals surface area contributed by atoms with E-state index >= 15 is 0 Å². The highest BCUT2D eigenvalue weighted by Crippen LogP contribution is 2.34. The van der Waals surface area contributed by atoms with Crippen LogP contribution in [-0.2, 0) is 4.74 Å². The minimum atomic E-state index is -0.349. The fourth-order valence-corrected chi connectivity index (χ4v) is 3.99. The summed E-state index contributed by atoms with van der Waals surface area (Å²) in [5, 5.41) is 8.65. The second kappa shape index (κ2) is 7.12. The Labute approximate surface area is 174 Å². The predicted molar refractivity (Wildman–Crippen MR) is 115 cm³/mol. The maximum atomic E-state index is 12.3. The molecular formula is C19H16ClIN4O2.